The fourth-order valence-electron chi connectivity index (χ4n) is 1.42. The molecular weight excluding hydrogens is 300 g/mol. The number of hydrogen-bond donors (Lipinski definition) is 0. The summed E-state index contributed by atoms with van der Waals surface area (Å²) in [6.07, 6.45) is -0.341. The lowest BCUT2D eigenvalue weighted by Gasteiger charge is -2.24. The summed E-state index contributed by atoms with van der Waals surface area (Å²) in [5, 5.41) is 0. The van der Waals surface area contributed by atoms with Crippen LogP contribution < -0.4 is 0 Å². The van der Waals surface area contributed by atoms with Crippen LogP contribution in [0.15, 0.2) is 0 Å². The van der Waals surface area contributed by atoms with E-state index in [4.69, 9.17) is 18.9 Å². The first kappa shape index (κ1) is 22.1. The van der Waals surface area contributed by atoms with Gasteiger partial charge in [0.1, 0.15) is 5.60 Å². The van der Waals surface area contributed by atoms with E-state index in [-0.39, 0.29) is 6.09 Å². The van der Waals surface area contributed by atoms with Crippen molar-refractivity contribution in [1.82, 2.24) is 9.80 Å². The lowest BCUT2D eigenvalue weighted by Crippen LogP contribution is -2.36. The molecule has 0 N–H and O–H groups in total. The van der Waals surface area contributed by atoms with Gasteiger partial charge in [0.2, 0.25) is 0 Å². The Bertz CT molecular complexity index is 305. The molecule has 0 radical (unpaired) electrons. The highest BCUT2D eigenvalue weighted by atomic mass is 16.6. The van der Waals surface area contributed by atoms with Gasteiger partial charge in [0.15, 0.2) is 0 Å². The van der Waals surface area contributed by atoms with Crippen molar-refractivity contribution in [3.63, 3.8) is 0 Å². The minimum atomic E-state index is -0.478. The predicted octanol–water partition coefficient (Wildman–Crippen LogP) is 1.46. The van der Waals surface area contributed by atoms with Crippen molar-refractivity contribution in [1.29, 1.82) is 0 Å². The van der Waals surface area contributed by atoms with Crippen LogP contribution in [-0.4, -0.2) is 95.4 Å². The second-order valence-corrected chi connectivity index (χ2v) is 6.54. The molecule has 0 aliphatic heterocycles. The van der Waals surface area contributed by atoms with Crippen LogP contribution in [0.2, 0.25) is 0 Å². The zero-order valence-electron chi connectivity index (χ0n) is 15.6. The van der Waals surface area contributed by atoms with Crippen LogP contribution in [0.4, 0.5) is 4.79 Å². The van der Waals surface area contributed by atoms with Crippen molar-refractivity contribution in [3.05, 3.63) is 0 Å². The largest absolute Gasteiger partial charge is 0.444 e. The van der Waals surface area contributed by atoms with Gasteiger partial charge in [0.05, 0.1) is 39.6 Å². The molecule has 0 saturated heterocycles. The summed E-state index contributed by atoms with van der Waals surface area (Å²) in [7, 11) is 5.72. The molecule has 138 valence electrons. The van der Waals surface area contributed by atoms with Crippen molar-refractivity contribution >= 4 is 6.09 Å². The molecule has 0 bridgehead atoms. The van der Waals surface area contributed by atoms with E-state index in [9.17, 15) is 4.79 Å². The molecule has 0 atom stereocenters. The quantitative estimate of drug-likeness (QED) is 0.504. The van der Waals surface area contributed by atoms with Gasteiger partial charge in [-0.3, -0.25) is 0 Å². The Morgan fingerprint density at radius 1 is 0.783 bits per heavy atom. The van der Waals surface area contributed by atoms with Crippen molar-refractivity contribution in [2.45, 2.75) is 26.4 Å². The van der Waals surface area contributed by atoms with E-state index in [0.717, 1.165) is 6.54 Å². The summed E-state index contributed by atoms with van der Waals surface area (Å²) in [6.45, 7) is 10.3. The summed E-state index contributed by atoms with van der Waals surface area (Å²) in [6, 6.07) is 0. The molecule has 0 aromatic rings. The molecule has 0 saturated carbocycles. The first-order valence-corrected chi connectivity index (χ1v) is 8.04. The highest BCUT2D eigenvalue weighted by molar-refractivity contribution is 5.67. The van der Waals surface area contributed by atoms with Gasteiger partial charge in [-0.05, 0) is 34.9 Å². The Hall–Kier alpha value is -0.890. The Kier molecular flexibility index (Phi) is 12.0. The average Bonchev–Trinajstić information content (AvgIpc) is 2.42. The van der Waals surface area contributed by atoms with Gasteiger partial charge in [0, 0.05) is 20.1 Å². The number of amides is 1. The van der Waals surface area contributed by atoms with E-state index in [0.29, 0.717) is 46.2 Å². The fraction of sp³-hybridized carbons (Fsp3) is 0.938. The molecule has 7 heteroatoms. The summed E-state index contributed by atoms with van der Waals surface area (Å²) < 4.78 is 21.5. The molecule has 0 rings (SSSR count). The first-order chi connectivity index (χ1) is 10.7. The van der Waals surface area contributed by atoms with E-state index >= 15 is 0 Å². The zero-order valence-corrected chi connectivity index (χ0v) is 15.6. The third-order valence-electron chi connectivity index (χ3n) is 2.70. The standard InChI is InChI=1S/C16H34N2O5/c1-16(2,3)23-15(19)18(6)8-10-21-12-14-22-13-11-20-9-7-17(4)5/h7-14H2,1-6H3. The van der Waals surface area contributed by atoms with Crippen LogP contribution >= 0.6 is 0 Å². The van der Waals surface area contributed by atoms with E-state index in [2.05, 4.69) is 4.90 Å². The number of ether oxygens (including phenoxy) is 4. The molecule has 23 heavy (non-hydrogen) atoms. The molecule has 0 spiro atoms. The minimum absolute atomic E-state index is 0.341. The van der Waals surface area contributed by atoms with Gasteiger partial charge in [-0.25, -0.2) is 4.79 Å². The van der Waals surface area contributed by atoms with E-state index in [1.807, 2.05) is 34.9 Å². The van der Waals surface area contributed by atoms with E-state index < -0.39 is 5.60 Å². The second-order valence-electron chi connectivity index (χ2n) is 6.54. The van der Waals surface area contributed by atoms with Crippen LogP contribution in [0.25, 0.3) is 0 Å². The lowest BCUT2D eigenvalue weighted by atomic mass is 10.2. The maximum atomic E-state index is 11.7. The third-order valence-corrected chi connectivity index (χ3v) is 2.70. The molecule has 0 heterocycles. The molecule has 7 nitrogen and oxygen atoms in total. The van der Waals surface area contributed by atoms with Gasteiger partial charge < -0.3 is 28.7 Å². The van der Waals surface area contributed by atoms with Gasteiger partial charge in [-0.2, -0.15) is 0 Å². The Labute approximate surface area is 140 Å². The molecule has 0 unspecified atom stereocenters. The molecule has 0 aliphatic carbocycles. The summed E-state index contributed by atoms with van der Waals surface area (Å²) in [5.74, 6) is 0. The maximum Gasteiger partial charge on any atom is 0.410 e. The van der Waals surface area contributed by atoms with Crippen molar-refractivity contribution in [2.75, 3.05) is 73.9 Å². The van der Waals surface area contributed by atoms with E-state index in [1.54, 1.807) is 7.05 Å². The number of carbonyl (C=O) groups is 1. The molecule has 0 aromatic heterocycles. The van der Waals surface area contributed by atoms with Crippen LogP contribution in [0.3, 0.4) is 0 Å². The normalized spacial score (nSPS) is 11.8. The molecule has 1 amide bonds. The average molecular weight is 334 g/mol. The van der Waals surface area contributed by atoms with Crippen LogP contribution in [0.1, 0.15) is 20.8 Å². The molecule has 0 fully saturated rings. The highest BCUT2D eigenvalue weighted by Gasteiger charge is 2.19. The Morgan fingerprint density at radius 3 is 1.65 bits per heavy atom. The number of nitrogens with zero attached hydrogens (tertiary/aromatic N) is 2. The van der Waals surface area contributed by atoms with Gasteiger partial charge >= 0.3 is 6.09 Å². The third kappa shape index (κ3) is 15.8. The van der Waals surface area contributed by atoms with Gasteiger partial charge in [-0.15, -0.1) is 0 Å². The maximum absolute atomic E-state index is 11.7. The predicted molar refractivity (Wildman–Crippen MR) is 89.9 cm³/mol. The smallest absolute Gasteiger partial charge is 0.410 e. The molecule has 0 aliphatic rings. The Balaban J connectivity index is 3.37. The first-order valence-electron chi connectivity index (χ1n) is 8.04. The number of carbonyl (C=O) groups excluding carboxylic acids is 1. The van der Waals surface area contributed by atoms with Crippen LogP contribution in [-0.2, 0) is 18.9 Å². The van der Waals surface area contributed by atoms with Gasteiger partial charge in [-0.1, -0.05) is 0 Å². The second kappa shape index (κ2) is 12.5. The highest BCUT2D eigenvalue weighted by Crippen LogP contribution is 2.08. The SMILES string of the molecule is CN(C)CCOCCOCCOCCN(C)C(=O)OC(C)(C)C. The van der Waals surface area contributed by atoms with Gasteiger partial charge in [0.25, 0.3) is 0 Å². The minimum Gasteiger partial charge on any atom is -0.444 e. The number of hydrogen-bond acceptors (Lipinski definition) is 6. The fourth-order valence-corrected chi connectivity index (χ4v) is 1.42. The zero-order chi connectivity index (χ0) is 17.7. The Morgan fingerprint density at radius 2 is 1.22 bits per heavy atom. The molecule has 0 aromatic carbocycles. The molecular formula is C16H34N2O5. The summed E-state index contributed by atoms with van der Waals surface area (Å²) >= 11 is 0. The topological polar surface area (TPSA) is 60.5 Å². The number of rotatable bonds is 12. The summed E-state index contributed by atoms with van der Waals surface area (Å²) in [4.78, 5) is 15.3. The van der Waals surface area contributed by atoms with Crippen LogP contribution in [0, 0.1) is 0 Å². The summed E-state index contributed by atoms with van der Waals surface area (Å²) in [5.41, 5.74) is -0.478. The lowest BCUT2D eigenvalue weighted by molar-refractivity contribution is 0.00361. The van der Waals surface area contributed by atoms with Crippen LogP contribution in [0.5, 0.6) is 0 Å². The monoisotopic (exact) mass is 334 g/mol. The van der Waals surface area contributed by atoms with Crippen molar-refractivity contribution in [3.8, 4) is 0 Å². The van der Waals surface area contributed by atoms with Crippen molar-refractivity contribution in [2.24, 2.45) is 0 Å². The number of likely N-dealkylation sites (N-methyl/N-ethyl adjacent to an activating group) is 2. The van der Waals surface area contributed by atoms with Crippen molar-refractivity contribution < 1.29 is 23.7 Å². The van der Waals surface area contributed by atoms with E-state index in [1.165, 1.54) is 4.90 Å².